The van der Waals surface area contributed by atoms with E-state index in [0.717, 1.165) is 23.1 Å². The summed E-state index contributed by atoms with van der Waals surface area (Å²) in [6, 6.07) is 14.6. The molecule has 206 valence electrons. The van der Waals surface area contributed by atoms with Crippen molar-refractivity contribution in [3.63, 3.8) is 0 Å². The summed E-state index contributed by atoms with van der Waals surface area (Å²) in [5.74, 6) is 5.70. The van der Waals surface area contributed by atoms with Crippen LogP contribution in [-0.2, 0) is 11.3 Å². The second-order valence-electron chi connectivity index (χ2n) is 10.2. The molecule has 2 aromatic carbocycles. The minimum Gasteiger partial charge on any atom is -0.502 e. The average Bonchev–Trinajstić information content (AvgIpc) is 3.58. The number of nitrogens with one attached hydrogen (secondary N) is 2. The molecule has 10 nitrogen and oxygen atoms in total. The molecule has 5 rings (SSSR count). The van der Waals surface area contributed by atoms with Crippen molar-refractivity contribution < 1.29 is 19.4 Å². The summed E-state index contributed by atoms with van der Waals surface area (Å²) < 4.78 is 5.30. The van der Waals surface area contributed by atoms with Crippen LogP contribution < -0.4 is 10.9 Å². The Morgan fingerprint density at radius 3 is 2.42 bits per heavy atom. The molecule has 1 aromatic heterocycles. The maximum Gasteiger partial charge on any atom is 0.321 e. The SMILES string of the molecule is CC(C)N1C(=O)N(Cc2nc[nH]c(=O)c2O)CC1c1ccc(C#Cc2ccc(C(=O)NC3CCOC3)cc2)cc1. The number of aromatic amines is 1. The third-order valence-corrected chi connectivity index (χ3v) is 7.08. The van der Waals surface area contributed by atoms with Gasteiger partial charge < -0.3 is 29.9 Å². The molecule has 10 heteroatoms. The first-order chi connectivity index (χ1) is 19.3. The van der Waals surface area contributed by atoms with E-state index in [4.69, 9.17) is 4.74 Å². The standard InChI is InChI=1S/C30H31N5O5/c1-19(2)35-26(16-34(30(35)39)15-25-27(36)29(38)32-18-31-25)22-9-5-20(6-10-22)3-4-21-7-11-23(12-8-21)28(37)33-24-13-14-40-17-24/h5-12,18-19,24,26,36H,13-17H2,1-2H3,(H,33,37)(H,31,32,38). The zero-order chi connectivity index (χ0) is 28.2. The van der Waals surface area contributed by atoms with Gasteiger partial charge in [0.25, 0.3) is 11.5 Å². The number of nitrogens with zero attached hydrogens (tertiary/aromatic N) is 3. The molecule has 0 aliphatic carbocycles. The first-order valence-electron chi connectivity index (χ1n) is 13.2. The number of aromatic hydroxyl groups is 1. The van der Waals surface area contributed by atoms with Gasteiger partial charge in [0.05, 0.1) is 31.6 Å². The molecule has 0 saturated carbocycles. The molecule has 3 amide bonds. The molecule has 2 atom stereocenters. The van der Waals surface area contributed by atoms with Crippen molar-refractivity contribution in [2.45, 2.75) is 44.9 Å². The van der Waals surface area contributed by atoms with Crippen LogP contribution in [0.5, 0.6) is 5.75 Å². The molecule has 3 N–H and O–H groups in total. The van der Waals surface area contributed by atoms with Gasteiger partial charge in [-0.3, -0.25) is 9.59 Å². The molecule has 2 unspecified atom stereocenters. The molecule has 3 aromatic rings. The summed E-state index contributed by atoms with van der Waals surface area (Å²) in [6.07, 6.45) is 2.05. The summed E-state index contributed by atoms with van der Waals surface area (Å²) in [7, 11) is 0. The minimum atomic E-state index is -0.637. The average molecular weight is 542 g/mol. The van der Waals surface area contributed by atoms with Crippen LogP contribution in [0, 0.1) is 11.8 Å². The van der Waals surface area contributed by atoms with E-state index in [1.807, 2.05) is 50.2 Å². The van der Waals surface area contributed by atoms with E-state index in [2.05, 4.69) is 27.1 Å². The van der Waals surface area contributed by atoms with Crippen LogP contribution in [0.4, 0.5) is 4.79 Å². The fourth-order valence-electron chi connectivity index (χ4n) is 4.93. The van der Waals surface area contributed by atoms with Gasteiger partial charge in [0.1, 0.15) is 5.69 Å². The number of hydrogen-bond donors (Lipinski definition) is 3. The van der Waals surface area contributed by atoms with Crippen LogP contribution in [0.2, 0.25) is 0 Å². The largest absolute Gasteiger partial charge is 0.502 e. The Labute approximate surface area is 232 Å². The molecule has 2 aliphatic heterocycles. The predicted molar refractivity (Wildman–Crippen MR) is 148 cm³/mol. The molecule has 0 bridgehead atoms. The molecule has 0 radical (unpaired) electrons. The monoisotopic (exact) mass is 541 g/mol. The van der Waals surface area contributed by atoms with Crippen molar-refractivity contribution in [1.29, 1.82) is 0 Å². The Bertz CT molecular complexity index is 1500. The zero-order valence-corrected chi connectivity index (χ0v) is 22.4. The Kier molecular flexibility index (Phi) is 7.84. The molecule has 0 spiro atoms. The molecule has 2 aliphatic rings. The maximum absolute atomic E-state index is 13.2. The Morgan fingerprint density at radius 2 is 1.80 bits per heavy atom. The number of carbonyl (C=O) groups is 2. The predicted octanol–water partition coefficient (Wildman–Crippen LogP) is 2.78. The van der Waals surface area contributed by atoms with Gasteiger partial charge in [-0.25, -0.2) is 9.78 Å². The second-order valence-corrected chi connectivity index (χ2v) is 10.2. The number of ether oxygens (including phenoxy) is 1. The summed E-state index contributed by atoms with van der Waals surface area (Å²) >= 11 is 0. The highest BCUT2D eigenvalue weighted by molar-refractivity contribution is 5.94. The topological polar surface area (TPSA) is 128 Å². The number of benzene rings is 2. The number of aromatic nitrogens is 2. The van der Waals surface area contributed by atoms with Gasteiger partial charge in [-0.15, -0.1) is 0 Å². The van der Waals surface area contributed by atoms with E-state index in [1.54, 1.807) is 21.9 Å². The lowest BCUT2D eigenvalue weighted by Gasteiger charge is -2.27. The fourth-order valence-corrected chi connectivity index (χ4v) is 4.93. The minimum absolute atomic E-state index is 0.0350. The van der Waals surface area contributed by atoms with E-state index in [1.165, 1.54) is 6.33 Å². The van der Waals surface area contributed by atoms with E-state index in [0.29, 0.717) is 25.3 Å². The number of amides is 3. The zero-order valence-electron chi connectivity index (χ0n) is 22.4. The number of rotatable bonds is 6. The highest BCUT2D eigenvalue weighted by Crippen LogP contribution is 2.33. The Balaban J connectivity index is 1.26. The molecular formula is C30H31N5O5. The number of H-pyrrole nitrogens is 1. The van der Waals surface area contributed by atoms with E-state index in [9.17, 15) is 19.5 Å². The lowest BCUT2D eigenvalue weighted by atomic mass is 10.0. The lowest BCUT2D eigenvalue weighted by molar-refractivity contribution is 0.0930. The van der Waals surface area contributed by atoms with Crippen molar-refractivity contribution in [2.75, 3.05) is 19.8 Å². The van der Waals surface area contributed by atoms with Crippen molar-refractivity contribution in [1.82, 2.24) is 25.1 Å². The second kappa shape index (κ2) is 11.6. The van der Waals surface area contributed by atoms with Gasteiger partial charge >= 0.3 is 6.03 Å². The summed E-state index contributed by atoms with van der Waals surface area (Å²) in [5, 5.41) is 13.0. The summed E-state index contributed by atoms with van der Waals surface area (Å²) in [4.78, 5) is 47.1. The fraction of sp³-hybridized carbons (Fsp3) is 0.333. The Morgan fingerprint density at radius 1 is 1.12 bits per heavy atom. The molecule has 2 fully saturated rings. The summed E-state index contributed by atoms with van der Waals surface area (Å²) in [5.41, 5.74) is 2.68. The number of urea groups is 1. The van der Waals surface area contributed by atoms with Crippen LogP contribution in [0.25, 0.3) is 0 Å². The van der Waals surface area contributed by atoms with Crippen LogP contribution in [0.1, 0.15) is 59.1 Å². The highest BCUT2D eigenvalue weighted by Gasteiger charge is 2.40. The third-order valence-electron chi connectivity index (χ3n) is 7.08. The third kappa shape index (κ3) is 5.84. The summed E-state index contributed by atoms with van der Waals surface area (Å²) in [6.45, 7) is 5.56. The first-order valence-corrected chi connectivity index (χ1v) is 13.2. The molecule has 40 heavy (non-hydrogen) atoms. The van der Waals surface area contributed by atoms with Gasteiger partial charge in [0.2, 0.25) is 5.75 Å². The normalized spacial score (nSPS) is 18.6. The first kappa shape index (κ1) is 27.0. The smallest absolute Gasteiger partial charge is 0.321 e. The molecule has 2 saturated heterocycles. The van der Waals surface area contributed by atoms with E-state index < -0.39 is 11.3 Å². The molecular weight excluding hydrogens is 510 g/mol. The quantitative estimate of drug-likeness (QED) is 0.412. The van der Waals surface area contributed by atoms with Gasteiger partial charge in [0.15, 0.2) is 0 Å². The number of hydrogen-bond acceptors (Lipinski definition) is 6. The van der Waals surface area contributed by atoms with Crippen LogP contribution in [0.15, 0.2) is 59.7 Å². The Hall–Kier alpha value is -4.62. The van der Waals surface area contributed by atoms with E-state index >= 15 is 0 Å². The van der Waals surface area contributed by atoms with Crippen molar-refractivity contribution >= 4 is 11.9 Å². The van der Waals surface area contributed by atoms with Crippen LogP contribution in [-0.4, -0.2) is 68.7 Å². The van der Waals surface area contributed by atoms with Crippen molar-refractivity contribution in [3.05, 3.63) is 93.2 Å². The van der Waals surface area contributed by atoms with Crippen LogP contribution in [0.3, 0.4) is 0 Å². The highest BCUT2D eigenvalue weighted by atomic mass is 16.5. The van der Waals surface area contributed by atoms with Gasteiger partial charge in [-0.1, -0.05) is 24.0 Å². The van der Waals surface area contributed by atoms with Crippen molar-refractivity contribution in [2.24, 2.45) is 0 Å². The van der Waals surface area contributed by atoms with Gasteiger partial charge in [-0.2, -0.15) is 0 Å². The van der Waals surface area contributed by atoms with Crippen LogP contribution >= 0.6 is 0 Å². The maximum atomic E-state index is 13.2. The number of carbonyl (C=O) groups excluding carboxylic acids is 2. The van der Waals surface area contributed by atoms with Gasteiger partial charge in [0, 0.05) is 35.9 Å². The van der Waals surface area contributed by atoms with E-state index in [-0.39, 0.29) is 42.3 Å². The van der Waals surface area contributed by atoms with Crippen molar-refractivity contribution in [3.8, 4) is 17.6 Å². The lowest BCUT2D eigenvalue weighted by Crippen LogP contribution is -2.37. The van der Waals surface area contributed by atoms with Gasteiger partial charge in [-0.05, 0) is 62.2 Å². The molecule has 3 heterocycles.